The second-order valence-corrected chi connectivity index (χ2v) is 10.8. The predicted octanol–water partition coefficient (Wildman–Crippen LogP) is -2.89. The molecular weight excluding hydrogens is 587 g/mol. The van der Waals surface area contributed by atoms with E-state index in [0.29, 0.717) is 5.52 Å². The lowest BCUT2D eigenvalue weighted by Gasteiger charge is -2.24. The predicted molar refractivity (Wildman–Crippen MR) is 136 cm³/mol. The topological polar surface area (TPSA) is 303 Å². The van der Waals surface area contributed by atoms with E-state index in [1.54, 1.807) is 0 Å². The molecule has 0 radical (unpaired) electrons. The summed E-state index contributed by atoms with van der Waals surface area (Å²) in [6, 6.07) is 0. The number of nitrogens with two attached hydrogens (primary N) is 2. The van der Waals surface area contributed by atoms with Crippen LogP contribution in [0.4, 0.5) is 11.9 Å². The third-order valence-corrected chi connectivity index (χ3v) is 7.72. The zero-order valence-electron chi connectivity index (χ0n) is 21.4. The number of aromatic nitrogens is 8. The maximum absolute atomic E-state index is 13.0. The number of anilines is 2. The molecule has 0 bridgehead atoms. The highest BCUT2D eigenvalue weighted by molar-refractivity contribution is 7.47. The maximum atomic E-state index is 13.0. The Kier molecular flexibility index (Phi) is 7.17. The number of phosphoric acid groups is 1. The Morgan fingerprint density at radius 1 is 1.02 bits per heavy atom. The molecule has 0 aliphatic carbocycles. The summed E-state index contributed by atoms with van der Waals surface area (Å²) < 4.78 is 42.3. The van der Waals surface area contributed by atoms with Crippen LogP contribution in [0.25, 0.3) is 22.3 Å². The first kappa shape index (κ1) is 28.5. The number of ether oxygens (including phenoxy) is 3. The number of nitrogen functional groups attached to an aromatic ring is 2. The van der Waals surface area contributed by atoms with Gasteiger partial charge >= 0.3 is 7.82 Å². The second kappa shape index (κ2) is 10.6. The van der Waals surface area contributed by atoms with Crippen molar-refractivity contribution in [2.24, 2.45) is 0 Å². The molecule has 0 spiro atoms. The fourth-order valence-electron chi connectivity index (χ4n) is 4.76. The van der Waals surface area contributed by atoms with Crippen LogP contribution in [-0.2, 0) is 27.8 Å². The number of nitrogens with one attached hydrogen (secondary N) is 1. The lowest BCUT2D eigenvalue weighted by molar-refractivity contribution is -0.160. The average molecular weight is 612 g/mol. The Labute approximate surface area is 233 Å². The summed E-state index contributed by atoms with van der Waals surface area (Å²) in [5, 5.41) is 31.9. The van der Waals surface area contributed by atoms with Gasteiger partial charge in [-0.25, -0.2) is 19.5 Å². The summed E-state index contributed by atoms with van der Waals surface area (Å²) >= 11 is 0. The van der Waals surface area contributed by atoms with Gasteiger partial charge in [-0.1, -0.05) is 0 Å². The number of aliphatic hydroxyl groups excluding tert-OH is 3. The molecule has 2 aliphatic heterocycles. The smallest absolute Gasteiger partial charge is 0.387 e. The molecule has 9 atom stereocenters. The van der Waals surface area contributed by atoms with E-state index in [1.807, 2.05) is 0 Å². The van der Waals surface area contributed by atoms with E-state index < -0.39 is 69.3 Å². The van der Waals surface area contributed by atoms with E-state index in [1.165, 1.54) is 28.8 Å². The normalized spacial score (nSPS) is 31.3. The van der Waals surface area contributed by atoms with Gasteiger partial charge in [-0.15, -0.1) is 0 Å². The number of imidazole rings is 2. The van der Waals surface area contributed by atoms with Crippen molar-refractivity contribution in [3.63, 3.8) is 0 Å². The van der Waals surface area contributed by atoms with Crippen molar-refractivity contribution < 1.29 is 48.0 Å². The van der Waals surface area contributed by atoms with Crippen LogP contribution in [0.3, 0.4) is 0 Å². The number of methoxy groups -OCH3 is 1. The van der Waals surface area contributed by atoms with E-state index in [4.69, 9.17) is 34.7 Å². The SMILES string of the molecule is CO[C@H]1O[C@@H](n2cnc3c(=O)[nH]c(N)nc32)C(OP(=O)(O)OC[C@H]2O[C@@H](n3cnc4cnc(N)nc43)C(O)C2O)C1O. The van der Waals surface area contributed by atoms with Gasteiger partial charge in [-0.3, -0.25) is 28.0 Å². The Bertz CT molecular complexity index is 1730. The first-order valence-electron chi connectivity index (χ1n) is 12.2. The van der Waals surface area contributed by atoms with E-state index in [9.17, 15) is 29.6 Å². The minimum atomic E-state index is -5.03. The molecule has 2 saturated heterocycles. The zero-order valence-corrected chi connectivity index (χ0v) is 22.3. The summed E-state index contributed by atoms with van der Waals surface area (Å²) in [7, 11) is -3.81. The number of rotatable bonds is 8. The second-order valence-electron chi connectivity index (χ2n) is 9.37. The van der Waals surface area contributed by atoms with Crippen LogP contribution in [0, 0.1) is 0 Å². The van der Waals surface area contributed by atoms with Crippen molar-refractivity contribution in [2.45, 2.75) is 49.3 Å². The molecule has 4 aromatic rings. The summed E-state index contributed by atoms with van der Waals surface area (Å²) in [6.45, 7) is -0.726. The number of H-pyrrole nitrogens is 1. The van der Waals surface area contributed by atoms with Gasteiger partial charge in [0.15, 0.2) is 35.6 Å². The fourth-order valence-corrected chi connectivity index (χ4v) is 5.69. The number of phosphoric ester groups is 1. The van der Waals surface area contributed by atoms with E-state index in [0.717, 1.165) is 6.33 Å². The van der Waals surface area contributed by atoms with Gasteiger partial charge in [0.25, 0.3) is 5.56 Å². The van der Waals surface area contributed by atoms with Crippen LogP contribution >= 0.6 is 7.82 Å². The Morgan fingerprint density at radius 2 is 1.76 bits per heavy atom. The van der Waals surface area contributed by atoms with E-state index in [-0.39, 0.29) is 28.7 Å². The number of aromatic amines is 1. The molecule has 6 heterocycles. The highest BCUT2D eigenvalue weighted by Gasteiger charge is 2.51. The first-order valence-corrected chi connectivity index (χ1v) is 13.7. The average Bonchev–Trinajstić information content (AvgIpc) is 3.69. The molecule has 42 heavy (non-hydrogen) atoms. The Balaban J connectivity index is 1.19. The summed E-state index contributed by atoms with van der Waals surface area (Å²) in [5.74, 6) is -0.294. The van der Waals surface area contributed by atoms with Crippen molar-refractivity contribution in [1.82, 2.24) is 39.0 Å². The van der Waals surface area contributed by atoms with Gasteiger partial charge in [0.2, 0.25) is 11.9 Å². The van der Waals surface area contributed by atoms with Crippen LogP contribution in [0.2, 0.25) is 0 Å². The molecule has 21 nitrogen and oxygen atoms in total. The minimum absolute atomic E-state index is 0.0580. The highest BCUT2D eigenvalue weighted by Crippen LogP contribution is 2.50. The number of aliphatic hydroxyl groups is 3. The lowest BCUT2D eigenvalue weighted by Crippen LogP contribution is -2.35. The van der Waals surface area contributed by atoms with Gasteiger partial charge in [-0.05, 0) is 0 Å². The molecule has 226 valence electrons. The zero-order chi connectivity index (χ0) is 29.9. The van der Waals surface area contributed by atoms with Crippen molar-refractivity contribution in [3.05, 3.63) is 29.2 Å². The molecule has 2 fully saturated rings. The molecule has 9 N–H and O–H groups in total. The molecule has 6 rings (SSSR count). The van der Waals surface area contributed by atoms with Crippen LogP contribution in [0.5, 0.6) is 0 Å². The molecule has 0 saturated carbocycles. The number of hydrogen-bond acceptors (Lipinski definition) is 17. The van der Waals surface area contributed by atoms with Gasteiger partial charge in [-0.2, -0.15) is 9.97 Å². The van der Waals surface area contributed by atoms with E-state index >= 15 is 0 Å². The van der Waals surface area contributed by atoms with Crippen molar-refractivity contribution in [2.75, 3.05) is 25.2 Å². The highest BCUT2D eigenvalue weighted by atomic mass is 31.2. The quantitative estimate of drug-likeness (QED) is 0.0982. The first-order chi connectivity index (χ1) is 20.0. The van der Waals surface area contributed by atoms with Crippen molar-refractivity contribution in [3.8, 4) is 0 Å². The summed E-state index contributed by atoms with van der Waals surface area (Å²) in [6.07, 6.45) is -7.72. The van der Waals surface area contributed by atoms with Crippen LogP contribution in [0.1, 0.15) is 12.5 Å². The monoisotopic (exact) mass is 612 g/mol. The maximum Gasteiger partial charge on any atom is 0.472 e. The van der Waals surface area contributed by atoms with Crippen molar-refractivity contribution in [1.29, 1.82) is 0 Å². The lowest BCUT2D eigenvalue weighted by atomic mass is 10.1. The number of nitrogens with zero attached hydrogens (tertiary/aromatic N) is 7. The summed E-state index contributed by atoms with van der Waals surface area (Å²) in [5.41, 5.74) is 11.0. The van der Waals surface area contributed by atoms with Gasteiger partial charge in [0, 0.05) is 7.11 Å². The van der Waals surface area contributed by atoms with Crippen molar-refractivity contribution >= 4 is 42.0 Å². The van der Waals surface area contributed by atoms with Gasteiger partial charge in [0.05, 0.1) is 25.5 Å². The Hall–Kier alpha value is -3.63. The fraction of sp³-hybridized carbons (Fsp3) is 0.500. The van der Waals surface area contributed by atoms with Crippen LogP contribution in [-0.4, -0.2) is 110 Å². The van der Waals surface area contributed by atoms with E-state index in [2.05, 4.69) is 29.9 Å². The Morgan fingerprint density at radius 3 is 2.52 bits per heavy atom. The molecule has 2 aliphatic rings. The van der Waals surface area contributed by atoms with Crippen LogP contribution in [0.15, 0.2) is 23.6 Å². The summed E-state index contributed by atoms with van der Waals surface area (Å²) in [4.78, 5) is 45.0. The molecule has 0 aromatic carbocycles. The van der Waals surface area contributed by atoms with Crippen LogP contribution < -0.4 is 17.0 Å². The molecule has 5 unspecified atom stereocenters. The third-order valence-electron chi connectivity index (χ3n) is 6.73. The minimum Gasteiger partial charge on any atom is -0.387 e. The van der Waals surface area contributed by atoms with Gasteiger partial charge < -0.3 is 45.9 Å². The van der Waals surface area contributed by atoms with Gasteiger partial charge in [0.1, 0.15) is 36.0 Å². The number of fused-ring (bicyclic) bond motifs is 2. The molecule has 0 amide bonds. The third kappa shape index (κ3) is 4.90. The number of hydrogen-bond donors (Lipinski definition) is 7. The molecular formula is C20H25N10O11P. The standard InChI is InChI=1S/C20H25N10O11P/c1-37-18-11(33)12(17(40-18)30-5-25-8-14(30)27-20(22)28-15(8)34)41-42(35,36)38-3-7-9(31)10(32)16(39-7)29-4-24-6-2-23-19(21)26-13(6)29/h2,4-5,7,9-12,16-18,31-33H,3H2,1H3,(H,35,36)(H2,21,23,26)(H3,22,27,28,34)/t7-,9?,10?,11?,12?,16-,17-,18+/m1/s1. The largest absolute Gasteiger partial charge is 0.472 e. The molecule has 4 aromatic heterocycles. The molecule has 22 heteroatoms.